The summed E-state index contributed by atoms with van der Waals surface area (Å²) in [7, 11) is 0. The van der Waals surface area contributed by atoms with E-state index in [9.17, 15) is 28.1 Å². The van der Waals surface area contributed by atoms with Crippen molar-refractivity contribution in [2.75, 3.05) is 50.7 Å². The molecule has 2 heterocycles. The number of rotatable bonds is 7. The summed E-state index contributed by atoms with van der Waals surface area (Å²) >= 11 is 12.3. The monoisotopic (exact) mass is 590 g/mol. The number of nitrogens with zero attached hydrogens (tertiary/aromatic N) is 4. The summed E-state index contributed by atoms with van der Waals surface area (Å²) in [5.41, 5.74) is -1.41. The topological polar surface area (TPSA) is 79.2 Å². The number of amides is 1. The van der Waals surface area contributed by atoms with Crippen LogP contribution in [0, 0.1) is 10.1 Å². The van der Waals surface area contributed by atoms with Gasteiger partial charge in [-0.1, -0.05) is 30.6 Å². The second-order valence-electron chi connectivity index (χ2n) is 9.31. The van der Waals surface area contributed by atoms with Crippen LogP contribution in [0.15, 0.2) is 36.4 Å². The molecule has 13 heteroatoms. The molecule has 0 aliphatic carbocycles. The van der Waals surface area contributed by atoms with E-state index in [0.29, 0.717) is 55.0 Å². The second kappa shape index (κ2) is 13.1. The molecular weight excluding hydrogens is 560 g/mol. The van der Waals surface area contributed by atoms with Crippen LogP contribution >= 0.6 is 23.2 Å². The van der Waals surface area contributed by atoms with Crippen LogP contribution in [0.3, 0.4) is 0 Å². The fourth-order valence-electron chi connectivity index (χ4n) is 4.75. The molecule has 2 aliphatic rings. The van der Waals surface area contributed by atoms with Crippen molar-refractivity contribution in [1.82, 2.24) is 9.80 Å². The largest absolute Gasteiger partial charge is 0.490 e. The summed E-state index contributed by atoms with van der Waals surface area (Å²) < 4.78 is 45.3. The molecule has 0 aromatic heterocycles. The summed E-state index contributed by atoms with van der Waals surface area (Å²) in [6.07, 6.45) is -3.94. The van der Waals surface area contributed by atoms with Crippen LogP contribution in [0.4, 0.5) is 24.5 Å². The highest BCUT2D eigenvalue weighted by Gasteiger charge is 2.39. The van der Waals surface area contributed by atoms with E-state index in [1.165, 1.54) is 6.07 Å². The first kappa shape index (κ1) is 30.8. The Hall–Kier alpha value is -2.76. The number of anilines is 1. The van der Waals surface area contributed by atoms with Crippen molar-refractivity contribution in [3.63, 3.8) is 0 Å². The van der Waals surface area contributed by atoms with Crippen molar-refractivity contribution in [3.8, 4) is 5.75 Å². The summed E-state index contributed by atoms with van der Waals surface area (Å²) in [6, 6.07) is 8.09. The van der Waals surface area contributed by atoms with Crippen LogP contribution in [0.25, 0.3) is 0 Å². The third-order valence-electron chi connectivity index (χ3n) is 6.83. The van der Waals surface area contributed by atoms with Gasteiger partial charge < -0.3 is 14.5 Å². The van der Waals surface area contributed by atoms with E-state index in [1.807, 2.05) is 12.1 Å². The third kappa shape index (κ3) is 7.89. The van der Waals surface area contributed by atoms with Crippen molar-refractivity contribution in [2.45, 2.75) is 39.0 Å². The molecule has 214 valence electrons. The number of hydrogen-bond acceptors (Lipinski definition) is 6. The van der Waals surface area contributed by atoms with Crippen LogP contribution < -0.4 is 9.64 Å². The smallest absolute Gasteiger partial charge is 0.423 e. The average molecular weight is 591 g/mol. The zero-order chi connectivity index (χ0) is 27.4. The highest BCUT2D eigenvalue weighted by atomic mass is 35.5. The molecule has 4 rings (SSSR count). The molecule has 8 nitrogen and oxygen atoms in total. The number of alkyl halides is 3. The molecule has 0 atom stereocenters. The van der Waals surface area contributed by atoms with Crippen LogP contribution in [-0.2, 0) is 11.0 Å². The number of ether oxygens (including phenoxy) is 1. The number of nitro benzene ring substituents is 1. The van der Waals surface area contributed by atoms with E-state index in [1.54, 1.807) is 11.0 Å². The number of hydrogen-bond donors (Lipinski definition) is 0. The number of carbonyl (C=O) groups is 1. The Labute approximate surface area is 235 Å². The lowest BCUT2D eigenvalue weighted by molar-refractivity contribution is -0.388. The summed E-state index contributed by atoms with van der Waals surface area (Å²) in [4.78, 5) is 28.8. The Morgan fingerprint density at radius 2 is 1.69 bits per heavy atom. The number of carbonyl (C=O) groups excluding carboxylic acids is 1. The van der Waals surface area contributed by atoms with E-state index in [4.69, 9.17) is 27.9 Å². The van der Waals surface area contributed by atoms with Gasteiger partial charge >= 0.3 is 6.18 Å². The zero-order valence-corrected chi connectivity index (χ0v) is 21.9. The molecule has 2 fully saturated rings. The molecule has 2 saturated heterocycles. The number of nitro groups is 1. The van der Waals surface area contributed by atoms with Crippen molar-refractivity contribution < 1.29 is 27.6 Å². The minimum atomic E-state index is -4.87. The van der Waals surface area contributed by atoms with Gasteiger partial charge in [0.15, 0.2) is 0 Å². The lowest BCUT2D eigenvalue weighted by Crippen LogP contribution is -2.48. The Kier molecular flexibility index (Phi) is 10.3. The predicted molar refractivity (Wildman–Crippen MR) is 145 cm³/mol. The van der Waals surface area contributed by atoms with Gasteiger partial charge in [-0.15, -0.1) is 0 Å². The highest BCUT2D eigenvalue weighted by molar-refractivity contribution is 6.36. The molecule has 1 amide bonds. The predicted octanol–water partition coefficient (Wildman–Crippen LogP) is 6.14. The van der Waals surface area contributed by atoms with Crippen molar-refractivity contribution in [2.24, 2.45) is 0 Å². The number of piperidine rings is 1. The lowest BCUT2D eigenvalue weighted by Gasteiger charge is -2.37. The fourth-order valence-corrected chi connectivity index (χ4v) is 5.28. The van der Waals surface area contributed by atoms with Crippen molar-refractivity contribution in [3.05, 3.63) is 62.1 Å². The number of piperazine rings is 1. The van der Waals surface area contributed by atoms with E-state index in [2.05, 4.69) is 9.80 Å². The molecule has 0 radical (unpaired) electrons. The van der Waals surface area contributed by atoms with Gasteiger partial charge in [0.25, 0.3) is 5.69 Å². The van der Waals surface area contributed by atoms with E-state index in [0.717, 1.165) is 37.9 Å². The van der Waals surface area contributed by atoms with Gasteiger partial charge in [0.1, 0.15) is 17.4 Å². The maximum absolute atomic E-state index is 13.2. The van der Waals surface area contributed by atoms with Crippen LogP contribution in [0.1, 0.15) is 32.3 Å². The molecule has 2 aromatic carbocycles. The molecule has 0 bridgehead atoms. The zero-order valence-electron chi connectivity index (χ0n) is 20.4. The van der Waals surface area contributed by atoms with E-state index in [-0.39, 0.29) is 25.2 Å². The van der Waals surface area contributed by atoms with E-state index < -0.39 is 22.4 Å². The molecule has 0 N–H and O–H groups in total. The quantitative estimate of drug-likeness (QED) is 0.285. The van der Waals surface area contributed by atoms with Gasteiger partial charge in [0, 0.05) is 76.2 Å². The third-order valence-corrected chi connectivity index (χ3v) is 7.37. The average Bonchev–Trinajstić information content (AvgIpc) is 2.87. The minimum Gasteiger partial charge on any atom is -0.490 e. The summed E-state index contributed by atoms with van der Waals surface area (Å²) in [5.74, 6) is -0.0481. The first-order valence-corrected chi connectivity index (χ1v) is 13.0. The molecular formula is C26H31Cl2F3N4O4. The van der Waals surface area contributed by atoms with Crippen molar-refractivity contribution in [1.29, 1.82) is 0 Å². The number of likely N-dealkylation sites (tertiary alicyclic amines) is 1. The summed E-state index contributed by atoms with van der Waals surface area (Å²) in [6.45, 7) is 4.69. The molecule has 0 spiro atoms. The van der Waals surface area contributed by atoms with Gasteiger partial charge in [0.05, 0.1) is 15.6 Å². The number of benzene rings is 2. The lowest BCUT2D eigenvalue weighted by atomic mass is 10.1. The molecule has 0 saturated carbocycles. The second-order valence-corrected chi connectivity index (χ2v) is 10.1. The normalized spacial score (nSPS) is 17.1. The fraction of sp³-hybridized carbons (Fsp3) is 0.500. The SMILES string of the molecule is C.O=C(CCN1CCN(c2ccc(Cl)cc2Cl)CC1)N1CCC(Oc2ccc([N+](=O)[O-])c(C(F)(F)F)c2)CC1. The van der Waals surface area contributed by atoms with Gasteiger partial charge in [-0.3, -0.25) is 19.8 Å². The maximum atomic E-state index is 13.2. The Morgan fingerprint density at radius 1 is 1.03 bits per heavy atom. The highest BCUT2D eigenvalue weighted by Crippen LogP contribution is 2.38. The summed E-state index contributed by atoms with van der Waals surface area (Å²) in [5, 5.41) is 12.1. The maximum Gasteiger partial charge on any atom is 0.423 e. The minimum absolute atomic E-state index is 0. The number of halogens is 5. The first-order chi connectivity index (χ1) is 18.0. The van der Waals surface area contributed by atoms with Crippen LogP contribution in [0.5, 0.6) is 5.75 Å². The first-order valence-electron chi connectivity index (χ1n) is 12.2. The van der Waals surface area contributed by atoms with Gasteiger partial charge in [-0.2, -0.15) is 13.2 Å². The van der Waals surface area contributed by atoms with Gasteiger partial charge in [0.2, 0.25) is 5.91 Å². The van der Waals surface area contributed by atoms with Gasteiger partial charge in [-0.05, 0) is 30.3 Å². The molecule has 39 heavy (non-hydrogen) atoms. The molecule has 2 aliphatic heterocycles. The standard InChI is InChI=1S/C25H27Cl2F3N4O4.CH4/c26-17-1-3-23(21(27)15-17)32-13-11-31(12-14-32)8-7-24(35)33-9-5-18(6-10-33)38-19-2-4-22(34(36)37)20(16-19)25(28,29)30;/h1-4,15-16,18H,5-14H2;1H4. The van der Waals surface area contributed by atoms with Gasteiger partial charge in [-0.25, -0.2) is 0 Å². The molecule has 0 unspecified atom stereocenters. The Morgan fingerprint density at radius 3 is 2.28 bits per heavy atom. The van der Waals surface area contributed by atoms with Crippen molar-refractivity contribution >= 4 is 40.5 Å². The Bertz CT molecular complexity index is 1170. The Balaban J connectivity index is 0.00000420. The van der Waals surface area contributed by atoms with Crippen LogP contribution in [-0.4, -0.2) is 72.5 Å². The van der Waals surface area contributed by atoms with E-state index >= 15 is 0 Å². The molecule has 2 aromatic rings. The van der Waals surface area contributed by atoms with Crippen LogP contribution in [0.2, 0.25) is 10.0 Å².